The molecule has 4 atom stereocenters. The number of nitrogens with zero attached hydrogens (tertiary/aromatic N) is 2. The number of nitriles is 2. The van der Waals surface area contributed by atoms with Gasteiger partial charge < -0.3 is 4.74 Å². The Hall–Kier alpha value is -3.28. The predicted octanol–water partition coefficient (Wildman–Crippen LogP) is 17.1. The van der Waals surface area contributed by atoms with Gasteiger partial charge in [-0.15, -0.1) is 0 Å². The van der Waals surface area contributed by atoms with Gasteiger partial charge in [-0.25, -0.2) is 8.78 Å². The van der Waals surface area contributed by atoms with Gasteiger partial charge >= 0.3 is 0 Å². The van der Waals surface area contributed by atoms with Crippen molar-refractivity contribution in [1.82, 2.24) is 0 Å². The lowest BCUT2D eigenvalue weighted by Crippen LogP contribution is -2.27. The molecule has 0 amide bonds. The molecule has 2 aromatic carbocycles. The second-order valence-electron chi connectivity index (χ2n) is 20.7. The van der Waals surface area contributed by atoms with E-state index in [1.165, 1.54) is 166 Å². The Morgan fingerprint density at radius 1 is 0.540 bits per heavy atom. The molecule has 6 rings (SSSR count). The Morgan fingerprint density at radius 2 is 0.952 bits per heavy atom. The molecule has 63 heavy (non-hydrogen) atoms. The first kappa shape index (κ1) is 49.2. The zero-order valence-corrected chi connectivity index (χ0v) is 39.5. The van der Waals surface area contributed by atoms with Crippen LogP contribution >= 0.6 is 0 Å². The van der Waals surface area contributed by atoms with Gasteiger partial charge in [0.05, 0.1) is 36.5 Å². The fourth-order valence-electron chi connectivity index (χ4n) is 12.9. The second-order valence-corrected chi connectivity index (χ2v) is 20.7. The molecule has 4 saturated carbocycles. The molecule has 0 radical (unpaired) electrons. The summed E-state index contributed by atoms with van der Waals surface area (Å²) in [6.45, 7) is 5.26. The van der Waals surface area contributed by atoms with E-state index in [-0.39, 0.29) is 23.5 Å². The Labute approximate surface area is 382 Å². The summed E-state index contributed by atoms with van der Waals surface area (Å²) in [4.78, 5) is 0. The predicted molar refractivity (Wildman–Crippen MR) is 258 cm³/mol. The van der Waals surface area contributed by atoms with Crippen LogP contribution < -0.4 is 0 Å². The summed E-state index contributed by atoms with van der Waals surface area (Å²) in [5.74, 6) is 4.80. The minimum Gasteiger partial charge on any atom is -0.373 e. The first-order valence-electron chi connectivity index (χ1n) is 26.3. The van der Waals surface area contributed by atoms with Crippen LogP contribution in [0.3, 0.4) is 0 Å². The van der Waals surface area contributed by atoms with Crippen LogP contribution in [0.4, 0.5) is 8.78 Å². The number of halogens is 2. The molecule has 0 aliphatic heterocycles. The Balaban J connectivity index is 1.08. The normalized spacial score (nSPS) is 27.1. The third-order valence-corrected chi connectivity index (χ3v) is 16.5. The summed E-state index contributed by atoms with van der Waals surface area (Å²) in [6.07, 6.45) is 40.7. The molecule has 0 N–H and O–H groups in total. The molecule has 3 nitrogen and oxygen atoms in total. The van der Waals surface area contributed by atoms with E-state index in [0.29, 0.717) is 35.5 Å². The van der Waals surface area contributed by atoms with Crippen molar-refractivity contribution in [2.45, 2.75) is 194 Å². The fourth-order valence-corrected chi connectivity index (χ4v) is 12.9. The van der Waals surface area contributed by atoms with Crippen molar-refractivity contribution >= 4 is 11.1 Å². The number of benzene rings is 2. The highest BCUT2D eigenvalue weighted by molar-refractivity contribution is 5.70. The molecular weight excluding hydrogens is 779 g/mol. The van der Waals surface area contributed by atoms with Crippen LogP contribution in [0.1, 0.15) is 216 Å². The largest absolute Gasteiger partial charge is 0.373 e. The maximum atomic E-state index is 15.7. The number of ether oxygens (including phenoxy) is 1. The van der Waals surface area contributed by atoms with Crippen molar-refractivity contribution in [3.05, 3.63) is 82.4 Å². The second kappa shape index (κ2) is 26.6. The quantitative estimate of drug-likeness (QED) is 0.111. The zero-order chi connectivity index (χ0) is 44.2. The van der Waals surface area contributed by atoms with Gasteiger partial charge in [0.15, 0.2) is 0 Å². The molecular formula is C58H82F2N2O. The summed E-state index contributed by atoms with van der Waals surface area (Å²) in [5.41, 5.74) is 3.87. The van der Waals surface area contributed by atoms with Crippen LogP contribution in [0.2, 0.25) is 0 Å². The summed E-state index contributed by atoms with van der Waals surface area (Å²) >= 11 is 0. The number of rotatable bonds is 22. The van der Waals surface area contributed by atoms with Crippen LogP contribution in [0, 0.1) is 81.6 Å². The molecule has 0 aromatic heterocycles. The van der Waals surface area contributed by atoms with E-state index in [2.05, 4.69) is 38.1 Å². The van der Waals surface area contributed by atoms with Crippen molar-refractivity contribution in [3.8, 4) is 12.1 Å². The van der Waals surface area contributed by atoms with Crippen LogP contribution in [0.25, 0.3) is 11.1 Å². The SMILES string of the molecule is CCCCCCC[C@H]1CCC[C@H]([C@H]2CC[C@H](C(=CCOCC=C(c3ccc(C#N)cc3F)[C@H]3CC[C@H]([C@H]4CCC[C@H](CCCCCCC)C4)CC3)c3ccc(C#N)cc3F)CC2)C1. The number of hydrogen-bond acceptors (Lipinski definition) is 3. The first-order chi connectivity index (χ1) is 30.9. The van der Waals surface area contributed by atoms with E-state index in [9.17, 15) is 10.5 Å². The molecule has 4 aliphatic rings. The lowest BCUT2D eigenvalue weighted by molar-refractivity contribution is 0.144. The Bertz CT molecular complexity index is 1690. The van der Waals surface area contributed by atoms with Crippen LogP contribution in [0.5, 0.6) is 0 Å². The summed E-state index contributed by atoms with van der Waals surface area (Å²) in [7, 11) is 0. The monoisotopic (exact) mass is 861 g/mol. The Morgan fingerprint density at radius 3 is 1.33 bits per heavy atom. The highest BCUT2D eigenvalue weighted by Gasteiger charge is 2.35. The van der Waals surface area contributed by atoms with Gasteiger partial charge in [-0.2, -0.15) is 10.5 Å². The van der Waals surface area contributed by atoms with E-state index < -0.39 is 0 Å². The summed E-state index contributed by atoms with van der Waals surface area (Å²) in [6, 6.07) is 14.0. The lowest BCUT2D eigenvalue weighted by Gasteiger charge is -2.39. The molecule has 4 fully saturated rings. The molecule has 5 heteroatoms. The number of hydrogen-bond donors (Lipinski definition) is 0. The van der Waals surface area contributed by atoms with Gasteiger partial charge in [-0.05, 0) is 147 Å². The lowest BCUT2D eigenvalue weighted by atomic mass is 9.66. The van der Waals surface area contributed by atoms with E-state index in [4.69, 9.17) is 4.74 Å². The molecule has 2 aromatic rings. The average Bonchev–Trinajstić information content (AvgIpc) is 3.32. The van der Waals surface area contributed by atoms with Crippen molar-refractivity contribution in [2.24, 2.45) is 47.3 Å². The maximum Gasteiger partial charge on any atom is 0.132 e. The maximum absolute atomic E-state index is 15.7. The van der Waals surface area contributed by atoms with Gasteiger partial charge in [0.1, 0.15) is 11.6 Å². The smallest absolute Gasteiger partial charge is 0.132 e. The molecule has 4 aliphatic carbocycles. The minimum absolute atomic E-state index is 0.254. The topological polar surface area (TPSA) is 56.8 Å². The summed E-state index contributed by atoms with van der Waals surface area (Å²) < 4.78 is 37.8. The van der Waals surface area contributed by atoms with Crippen LogP contribution in [-0.4, -0.2) is 13.2 Å². The first-order valence-corrected chi connectivity index (χ1v) is 26.3. The van der Waals surface area contributed by atoms with E-state index in [1.54, 1.807) is 24.3 Å². The number of allylic oxidation sites excluding steroid dienone is 2. The third-order valence-electron chi connectivity index (χ3n) is 16.5. The van der Waals surface area contributed by atoms with Gasteiger partial charge in [0.2, 0.25) is 0 Å². The highest BCUT2D eigenvalue weighted by Crippen LogP contribution is 2.47. The average molecular weight is 861 g/mol. The fraction of sp³-hybridized carbons (Fsp3) is 0.690. The molecule has 0 spiro atoms. The van der Waals surface area contributed by atoms with Gasteiger partial charge in [-0.3, -0.25) is 0 Å². The van der Waals surface area contributed by atoms with Crippen LogP contribution in [0.15, 0.2) is 48.6 Å². The molecule has 344 valence electrons. The number of unbranched alkanes of at least 4 members (excludes halogenated alkanes) is 8. The van der Waals surface area contributed by atoms with Crippen molar-refractivity contribution in [2.75, 3.05) is 13.2 Å². The van der Waals surface area contributed by atoms with E-state index in [0.717, 1.165) is 72.3 Å². The molecule has 0 saturated heterocycles. The summed E-state index contributed by atoms with van der Waals surface area (Å²) in [5, 5.41) is 19.0. The standard InChI is InChI=1S/C58H82F2N2O/c1-3-5-7-9-11-15-43-17-13-19-51(37-43)47-23-27-49(28-24-47)53(55-31-21-45(41-61)39-57(55)59)33-35-63-36-34-54(56-32-22-46(42-62)40-58(56)60)50-29-25-48(26-30-50)52-20-14-18-44(38-52)16-12-10-8-6-4-2/h21-22,31-34,39-40,43-44,47-52H,3-20,23-30,35-38H2,1-2H3/t43-,44-,47-,48-,49-,50-,51-,52-/m0/s1. The Kier molecular flexibility index (Phi) is 20.8. The van der Waals surface area contributed by atoms with Crippen LogP contribution in [-0.2, 0) is 4.74 Å². The third kappa shape index (κ3) is 14.9. The van der Waals surface area contributed by atoms with E-state index >= 15 is 8.78 Å². The van der Waals surface area contributed by atoms with Crippen molar-refractivity contribution < 1.29 is 13.5 Å². The molecule has 0 unspecified atom stereocenters. The zero-order valence-electron chi connectivity index (χ0n) is 39.5. The highest BCUT2D eigenvalue weighted by atomic mass is 19.1. The van der Waals surface area contributed by atoms with E-state index in [1.807, 2.05) is 0 Å². The van der Waals surface area contributed by atoms with Gasteiger partial charge in [-0.1, -0.05) is 154 Å². The van der Waals surface area contributed by atoms with Crippen molar-refractivity contribution in [3.63, 3.8) is 0 Å². The minimum atomic E-state index is -0.336. The van der Waals surface area contributed by atoms with Gasteiger partial charge in [0, 0.05) is 11.1 Å². The molecule has 0 bridgehead atoms. The van der Waals surface area contributed by atoms with Gasteiger partial charge in [0.25, 0.3) is 0 Å². The molecule has 0 heterocycles. The van der Waals surface area contributed by atoms with Crippen molar-refractivity contribution in [1.29, 1.82) is 10.5 Å².